The van der Waals surface area contributed by atoms with Crippen molar-refractivity contribution >= 4 is 11.6 Å². The Labute approximate surface area is 103 Å². The molecule has 2 aromatic heterocycles. The van der Waals surface area contributed by atoms with E-state index in [1.165, 1.54) is 11.0 Å². The van der Waals surface area contributed by atoms with Gasteiger partial charge in [0.05, 0.1) is 6.33 Å². The van der Waals surface area contributed by atoms with E-state index < -0.39 is 0 Å². The van der Waals surface area contributed by atoms with Crippen molar-refractivity contribution in [1.82, 2.24) is 24.7 Å². The topological polar surface area (TPSA) is 76.5 Å². The zero-order valence-electron chi connectivity index (χ0n) is 9.57. The number of halogens is 1. The van der Waals surface area contributed by atoms with Crippen LogP contribution in [-0.4, -0.2) is 24.7 Å². The van der Waals surface area contributed by atoms with Gasteiger partial charge >= 0.3 is 0 Å². The van der Waals surface area contributed by atoms with Gasteiger partial charge in [-0.1, -0.05) is 25.4 Å². The molecule has 0 aliphatic carbocycles. The highest BCUT2D eigenvalue weighted by molar-refractivity contribution is 6.31. The standard InChI is InChI=1S/C10H12ClN5O/c1-3-6-14-7(4-2)16(15-6)9-8(11)10(17)13-5-12-9/h5H,3-4H2,1-2H3,(H,12,13,17). The number of nitrogens with zero attached hydrogens (tertiary/aromatic N) is 4. The van der Waals surface area contributed by atoms with Crippen LogP contribution in [0.25, 0.3) is 5.82 Å². The summed E-state index contributed by atoms with van der Waals surface area (Å²) in [5.74, 6) is 1.77. The fraction of sp³-hybridized carbons (Fsp3) is 0.400. The molecular formula is C10H12ClN5O. The van der Waals surface area contributed by atoms with Gasteiger partial charge in [-0.3, -0.25) is 4.79 Å². The van der Waals surface area contributed by atoms with Crippen LogP contribution in [0, 0.1) is 0 Å². The molecule has 0 aliphatic rings. The highest BCUT2D eigenvalue weighted by Gasteiger charge is 2.14. The zero-order valence-corrected chi connectivity index (χ0v) is 10.3. The summed E-state index contributed by atoms with van der Waals surface area (Å²) in [5, 5.41) is 4.30. The van der Waals surface area contributed by atoms with Gasteiger partial charge in [-0.15, -0.1) is 5.10 Å². The summed E-state index contributed by atoms with van der Waals surface area (Å²) >= 11 is 5.91. The normalized spacial score (nSPS) is 10.8. The van der Waals surface area contributed by atoms with Crippen LogP contribution in [0.1, 0.15) is 25.5 Å². The zero-order chi connectivity index (χ0) is 12.4. The fourth-order valence-electron chi connectivity index (χ4n) is 1.46. The van der Waals surface area contributed by atoms with E-state index in [9.17, 15) is 4.79 Å². The van der Waals surface area contributed by atoms with E-state index in [2.05, 4.69) is 20.1 Å². The average Bonchev–Trinajstić information content (AvgIpc) is 2.76. The molecule has 6 nitrogen and oxygen atoms in total. The minimum atomic E-state index is -0.382. The van der Waals surface area contributed by atoms with Crippen LogP contribution in [0.2, 0.25) is 5.02 Å². The van der Waals surface area contributed by atoms with E-state index in [0.717, 1.165) is 12.2 Å². The van der Waals surface area contributed by atoms with Crippen LogP contribution in [0.15, 0.2) is 11.1 Å². The predicted octanol–water partition coefficient (Wildman–Crippen LogP) is 1.13. The van der Waals surface area contributed by atoms with E-state index in [1.807, 2.05) is 13.8 Å². The van der Waals surface area contributed by atoms with E-state index >= 15 is 0 Å². The average molecular weight is 254 g/mol. The number of nitrogens with one attached hydrogen (secondary N) is 1. The van der Waals surface area contributed by atoms with Gasteiger partial charge in [0.2, 0.25) is 0 Å². The monoisotopic (exact) mass is 253 g/mol. The lowest BCUT2D eigenvalue weighted by Crippen LogP contribution is -2.14. The van der Waals surface area contributed by atoms with E-state index in [1.54, 1.807) is 0 Å². The molecule has 90 valence electrons. The number of hydrogen-bond donors (Lipinski definition) is 1. The molecule has 0 aliphatic heterocycles. The number of H-pyrrole nitrogens is 1. The Kier molecular flexibility index (Phi) is 3.23. The second-order valence-electron chi connectivity index (χ2n) is 3.43. The van der Waals surface area contributed by atoms with Gasteiger partial charge in [-0.05, 0) is 0 Å². The minimum absolute atomic E-state index is 0.0229. The molecule has 0 bridgehead atoms. The molecule has 2 rings (SSSR count). The highest BCUT2D eigenvalue weighted by Crippen LogP contribution is 2.14. The lowest BCUT2D eigenvalue weighted by atomic mass is 10.4. The minimum Gasteiger partial charge on any atom is -0.312 e. The second kappa shape index (κ2) is 4.67. The first-order valence-electron chi connectivity index (χ1n) is 5.35. The van der Waals surface area contributed by atoms with Gasteiger partial charge in [0.15, 0.2) is 16.7 Å². The van der Waals surface area contributed by atoms with Gasteiger partial charge in [0.25, 0.3) is 5.56 Å². The van der Waals surface area contributed by atoms with Crippen molar-refractivity contribution in [2.75, 3.05) is 0 Å². The molecule has 0 saturated carbocycles. The van der Waals surface area contributed by atoms with Crippen LogP contribution >= 0.6 is 11.6 Å². The molecule has 0 fully saturated rings. The van der Waals surface area contributed by atoms with Crippen molar-refractivity contribution < 1.29 is 0 Å². The summed E-state index contributed by atoms with van der Waals surface area (Å²) in [5.41, 5.74) is -0.382. The lowest BCUT2D eigenvalue weighted by Gasteiger charge is -2.03. The molecule has 7 heteroatoms. The van der Waals surface area contributed by atoms with Crippen LogP contribution in [-0.2, 0) is 12.8 Å². The van der Waals surface area contributed by atoms with Crippen molar-refractivity contribution in [2.45, 2.75) is 26.7 Å². The van der Waals surface area contributed by atoms with Gasteiger partial charge < -0.3 is 4.98 Å². The van der Waals surface area contributed by atoms with Crippen LogP contribution in [0.3, 0.4) is 0 Å². The maximum atomic E-state index is 11.4. The number of aryl methyl sites for hydroxylation is 2. The number of hydrogen-bond acceptors (Lipinski definition) is 4. The largest absolute Gasteiger partial charge is 0.312 e. The molecule has 2 aromatic rings. The first kappa shape index (κ1) is 11.8. The maximum Gasteiger partial charge on any atom is 0.271 e. The lowest BCUT2D eigenvalue weighted by molar-refractivity contribution is 0.763. The van der Waals surface area contributed by atoms with E-state index in [4.69, 9.17) is 11.6 Å². The third kappa shape index (κ3) is 2.08. The van der Waals surface area contributed by atoms with E-state index in [0.29, 0.717) is 18.1 Å². The molecule has 0 aromatic carbocycles. The van der Waals surface area contributed by atoms with Gasteiger partial charge in [0, 0.05) is 12.8 Å². The van der Waals surface area contributed by atoms with Crippen molar-refractivity contribution in [1.29, 1.82) is 0 Å². The maximum absolute atomic E-state index is 11.4. The molecular weight excluding hydrogens is 242 g/mol. The molecule has 0 spiro atoms. The van der Waals surface area contributed by atoms with Gasteiger partial charge in [0.1, 0.15) is 5.82 Å². The molecule has 1 N–H and O–H groups in total. The van der Waals surface area contributed by atoms with Gasteiger partial charge in [-0.2, -0.15) is 4.68 Å². The van der Waals surface area contributed by atoms with Crippen LogP contribution in [0.5, 0.6) is 0 Å². The first-order chi connectivity index (χ1) is 8.17. The Hall–Kier alpha value is -1.69. The Balaban J connectivity index is 2.63. The quantitative estimate of drug-likeness (QED) is 0.890. The molecule has 17 heavy (non-hydrogen) atoms. The van der Waals surface area contributed by atoms with E-state index in [-0.39, 0.29) is 10.6 Å². The molecule has 0 unspecified atom stereocenters. The first-order valence-corrected chi connectivity index (χ1v) is 5.73. The third-order valence-electron chi connectivity index (χ3n) is 2.33. The molecule has 0 amide bonds. The second-order valence-corrected chi connectivity index (χ2v) is 3.81. The summed E-state index contributed by atoms with van der Waals surface area (Å²) in [7, 11) is 0. The van der Waals surface area contributed by atoms with Crippen molar-refractivity contribution in [3.63, 3.8) is 0 Å². The van der Waals surface area contributed by atoms with Crippen molar-refractivity contribution in [2.24, 2.45) is 0 Å². The summed E-state index contributed by atoms with van der Waals surface area (Å²) in [6, 6.07) is 0. The SMILES string of the molecule is CCc1nc(CC)n(-c2nc[nH]c(=O)c2Cl)n1. The molecule has 0 saturated heterocycles. The number of rotatable bonds is 3. The summed E-state index contributed by atoms with van der Waals surface area (Å²) in [6.07, 6.45) is 2.72. The molecule has 0 atom stereocenters. The fourth-order valence-corrected chi connectivity index (χ4v) is 1.64. The Morgan fingerprint density at radius 2 is 2.18 bits per heavy atom. The van der Waals surface area contributed by atoms with Gasteiger partial charge in [-0.25, -0.2) is 9.97 Å². The van der Waals surface area contributed by atoms with Crippen molar-refractivity contribution in [3.05, 3.63) is 33.4 Å². The highest BCUT2D eigenvalue weighted by atomic mass is 35.5. The Morgan fingerprint density at radius 3 is 2.82 bits per heavy atom. The third-order valence-corrected chi connectivity index (χ3v) is 2.67. The number of aromatic amines is 1. The summed E-state index contributed by atoms with van der Waals surface area (Å²) in [6.45, 7) is 3.92. The Bertz CT molecular complexity index is 589. The Morgan fingerprint density at radius 1 is 1.41 bits per heavy atom. The molecule has 2 heterocycles. The summed E-state index contributed by atoms with van der Waals surface area (Å²) < 4.78 is 1.52. The van der Waals surface area contributed by atoms with Crippen LogP contribution in [0.4, 0.5) is 0 Å². The smallest absolute Gasteiger partial charge is 0.271 e. The predicted molar refractivity (Wildman–Crippen MR) is 63.5 cm³/mol. The van der Waals surface area contributed by atoms with Crippen molar-refractivity contribution in [3.8, 4) is 5.82 Å². The van der Waals surface area contributed by atoms with Crippen LogP contribution < -0.4 is 5.56 Å². The molecule has 0 radical (unpaired) electrons. The number of aromatic nitrogens is 5. The summed E-state index contributed by atoms with van der Waals surface area (Å²) in [4.78, 5) is 22.2.